The molecule has 7 heteroatoms. The normalized spacial score (nSPS) is 33.2. The van der Waals surface area contributed by atoms with Gasteiger partial charge in [-0.15, -0.1) is 0 Å². The van der Waals surface area contributed by atoms with Crippen LogP contribution in [0.25, 0.3) is 0 Å². The maximum Gasteiger partial charge on any atom is 0.368 e. The maximum atomic E-state index is 12.6. The van der Waals surface area contributed by atoms with Gasteiger partial charge in [0.05, 0.1) is 12.9 Å². The van der Waals surface area contributed by atoms with Gasteiger partial charge in [0.2, 0.25) is 17.4 Å². The second-order valence-electron chi connectivity index (χ2n) is 6.06. The minimum Gasteiger partial charge on any atom is -0.463 e. The van der Waals surface area contributed by atoms with E-state index in [4.69, 9.17) is 9.15 Å². The number of furan rings is 1. The van der Waals surface area contributed by atoms with Crippen molar-refractivity contribution in [2.75, 3.05) is 13.7 Å². The molecule has 124 valence electrons. The van der Waals surface area contributed by atoms with Gasteiger partial charge in [0.25, 0.3) is 0 Å². The number of ether oxygens (including phenoxy) is 1. The Morgan fingerprint density at radius 2 is 2.13 bits per heavy atom. The number of esters is 1. The van der Waals surface area contributed by atoms with Crippen molar-refractivity contribution in [2.24, 2.45) is 11.8 Å². The van der Waals surface area contributed by atoms with Crippen LogP contribution < -0.4 is 5.32 Å². The largest absolute Gasteiger partial charge is 0.463 e. The van der Waals surface area contributed by atoms with Crippen LogP contribution in [0.4, 0.5) is 0 Å². The Bertz CT molecular complexity index is 641. The fraction of sp³-hybridized carbons (Fsp3) is 0.562. The number of amides is 2. The Labute approximate surface area is 134 Å². The van der Waals surface area contributed by atoms with Crippen LogP contribution in [0.5, 0.6) is 0 Å². The average molecular weight is 321 g/mol. The molecule has 0 aliphatic carbocycles. The van der Waals surface area contributed by atoms with Crippen LogP contribution in [0.15, 0.2) is 22.8 Å². The summed E-state index contributed by atoms with van der Waals surface area (Å²) >= 11 is 0. The fourth-order valence-corrected chi connectivity index (χ4v) is 3.95. The van der Waals surface area contributed by atoms with Crippen LogP contribution in [0.2, 0.25) is 0 Å². The number of rotatable bonds is 4. The molecule has 2 amide bonds. The number of nitrogens with two attached hydrogens (primary N) is 1. The fourth-order valence-electron chi connectivity index (χ4n) is 3.95. The predicted octanol–water partition coefficient (Wildman–Crippen LogP) is -0.159. The van der Waals surface area contributed by atoms with E-state index in [1.54, 1.807) is 24.4 Å². The van der Waals surface area contributed by atoms with Gasteiger partial charge in [-0.1, -0.05) is 6.92 Å². The maximum absolute atomic E-state index is 12.6. The van der Waals surface area contributed by atoms with E-state index in [9.17, 15) is 14.4 Å². The van der Waals surface area contributed by atoms with E-state index in [-0.39, 0.29) is 18.4 Å². The molecule has 2 saturated heterocycles. The third-order valence-corrected chi connectivity index (χ3v) is 5.10. The van der Waals surface area contributed by atoms with Crippen molar-refractivity contribution in [3.05, 3.63) is 24.2 Å². The zero-order valence-electron chi connectivity index (χ0n) is 13.4. The van der Waals surface area contributed by atoms with Gasteiger partial charge in [0.1, 0.15) is 11.8 Å². The molecule has 2 N–H and O–H groups in total. The molecule has 2 aliphatic rings. The van der Waals surface area contributed by atoms with Gasteiger partial charge in [0, 0.05) is 13.5 Å². The summed E-state index contributed by atoms with van der Waals surface area (Å²) in [5, 5.41) is 1.79. The molecule has 0 unspecified atom stereocenters. The van der Waals surface area contributed by atoms with E-state index >= 15 is 0 Å². The lowest BCUT2D eigenvalue weighted by Gasteiger charge is -2.27. The number of quaternary nitrogens is 1. The summed E-state index contributed by atoms with van der Waals surface area (Å²) in [6.07, 6.45) is 1.93. The lowest BCUT2D eigenvalue weighted by atomic mass is 9.78. The van der Waals surface area contributed by atoms with Crippen molar-refractivity contribution in [1.29, 1.82) is 0 Å². The molecule has 23 heavy (non-hydrogen) atoms. The van der Waals surface area contributed by atoms with E-state index in [0.717, 1.165) is 4.90 Å². The quantitative estimate of drug-likeness (QED) is 0.614. The zero-order valence-corrected chi connectivity index (χ0v) is 13.4. The van der Waals surface area contributed by atoms with Crippen LogP contribution in [0.3, 0.4) is 0 Å². The van der Waals surface area contributed by atoms with Crippen molar-refractivity contribution in [1.82, 2.24) is 4.90 Å². The molecule has 0 saturated carbocycles. The van der Waals surface area contributed by atoms with Crippen LogP contribution in [-0.2, 0) is 19.1 Å². The summed E-state index contributed by atoms with van der Waals surface area (Å²) in [5.41, 5.74) is -1.09. The summed E-state index contributed by atoms with van der Waals surface area (Å²) in [5.74, 6) is -1.77. The number of fused-ring (bicyclic) bond motifs is 1. The topological polar surface area (TPSA) is 93.4 Å². The van der Waals surface area contributed by atoms with Crippen molar-refractivity contribution in [3.63, 3.8) is 0 Å². The molecule has 0 radical (unpaired) electrons. The van der Waals surface area contributed by atoms with Gasteiger partial charge in [0.15, 0.2) is 11.8 Å². The minimum atomic E-state index is -1.09. The Morgan fingerprint density at radius 3 is 2.70 bits per heavy atom. The van der Waals surface area contributed by atoms with Crippen LogP contribution in [0.1, 0.15) is 32.1 Å². The Balaban J connectivity index is 2.10. The molecular formula is C16H21N2O5+. The molecule has 2 fully saturated rings. The lowest BCUT2D eigenvalue weighted by molar-refractivity contribution is -0.736. The summed E-state index contributed by atoms with van der Waals surface area (Å²) in [6, 6.07) is 3.10. The molecule has 3 rings (SSSR count). The number of carbonyl (C=O) groups is 3. The van der Waals surface area contributed by atoms with E-state index in [1.165, 1.54) is 13.3 Å². The molecule has 1 aromatic heterocycles. The summed E-state index contributed by atoms with van der Waals surface area (Å²) < 4.78 is 10.7. The van der Waals surface area contributed by atoms with Crippen molar-refractivity contribution < 1.29 is 28.9 Å². The molecule has 2 aliphatic heterocycles. The average Bonchev–Trinajstić information content (AvgIpc) is 3.22. The zero-order chi connectivity index (χ0) is 16.8. The highest BCUT2D eigenvalue weighted by Gasteiger charge is 2.71. The first-order valence-electron chi connectivity index (χ1n) is 7.86. The number of nitrogens with zero attached hydrogens (tertiary/aromatic N) is 1. The Hall–Kier alpha value is -2.15. The van der Waals surface area contributed by atoms with Gasteiger partial charge < -0.3 is 14.5 Å². The molecular weight excluding hydrogens is 300 g/mol. The minimum absolute atomic E-state index is 0.231. The standard InChI is InChI=1S/C16H20N2O5/c1-4-16(15(21)22-5-2)11-10(13(19)18(3)14(11)20)12(17-16)9-7-6-8-23-9/h6-8,10-12,17H,4-5H2,1-3H3/p+1/t10-,11+,12-,16+/m0/s1. The Kier molecular flexibility index (Phi) is 3.75. The third kappa shape index (κ3) is 2.03. The summed E-state index contributed by atoms with van der Waals surface area (Å²) in [6.45, 7) is 3.80. The van der Waals surface area contributed by atoms with E-state index in [2.05, 4.69) is 0 Å². The molecule has 0 aromatic carbocycles. The van der Waals surface area contributed by atoms with Crippen LogP contribution in [-0.4, -0.2) is 41.9 Å². The molecule has 0 bridgehead atoms. The summed E-state index contributed by atoms with van der Waals surface area (Å²) in [7, 11) is 1.47. The van der Waals surface area contributed by atoms with Crippen molar-refractivity contribution >= 4 is 17.8 Å². The first-order valence-corrected chi connectivity index (χ1v) is 7.86. The Morgan fingerprint density at radius 1 is 1.39 bits per heavy atom. The monoisotopic (exact) mass is 321 g/mol. The van der Waals surface area contributed by atoms with Crippen molar-refractivity contribution in [2.45, 2.75) is 31.8 Å². The first-order chi connectivity index (χ1) is 11.0. The second kappa shape index (κ2) is 5.49. The highest BCUT2D eigenvalue weighted by atomic mass is 16.5. The molecule has 0 spiro atoms. The van der Waals surface area contributed by atoms with Crippen LogP contribution in [0, 0.1) is 11.8 Å². The van der Waals surface area contributed by atoms with E-state index in [1.807, 2.05) is 6.92 Å². The first kappa shape index (κ1) is 15.7. The van der Waals surface area contributed by atoms with Gasteiger partial charge in [-0.3, -0.25) is 14.5 Å². The van der Waals surface area contributed by atoms with Gasteiger partial charge in [-0.25, -0.2) is 4.79 Å². The number of hydrogen-bond donors (Lipinski definition) is 1. The number of likely N-dealkylation sites (tertiary alicyclic amines) is 1. The highest BCUT2D eigenvalue weighted by molar-refractivity contribution is 6.08. The van der Waals surface area contributed by atoms with E-state index < -0.39 is 29.4 Å². The van der Waals surface area contributed by atoms with Gasteiger partial charge in [-0.05, 0) is 19.1 Å². The van der Waals surface area contributed by atoms with E-state index in [0.29, 0.717) is 12.2 Å². The second-order valence-corrected chi connectivity index (χ2v) is 6.06. The molecule has 3 heterocycles. The van der Waals surface area contributed by atoms with Gasteiger partial charge >= 0.3 is 5.97 Å². The van der Waals surface area contributed by atoms with Crippen LogP contribution >= 0.6 is 0 Å². The summed E-state index contributed by atoms with van der Waals surface area (Å²) in [4.78, 5) is 39.0. The number of hydrogen-bond acceptors (Lipinski definition) is 5. The van der Waals surface area contributed by atoms with Gasteiger partial charge in [-0.2, -0.15) is 0 Å². The molecule has 4 atom stereocenters. The predicted molar refractivity (Wildman–Crippen MR) is 77.8 cm³/mol. The molecule has 1 aromatic rings. The third-order valence-electron chi connectivity index (χ3n) is 5.10. The SMILES string of the molecule is CCOC(=O)[C@]1(CC)[NH2+][C@@H](c2ccco2)[C@H]2C(=O)N(C)C(=O)[C@@H]21. The number of carbonyl (C=O) groups excluding carboxylic acids is 3. The number of imide groups is 1. The highest BCUT2D eigenvalue weighted by Crippen LogP contribution is 2.45. The lowest BCUT2D eigenvalue weighted by Crippen LogP contribution is -2.98. The molecule has 7 nitrogen and oxygen atoms in total. The van der Waals surface area contributed by atoms with Crippen molar-refractivity contribution in [3.8, 4) is 0 Å². The smallest absolute Gasteiger partial charge is 0.368 e.